The molecule has 2 bridgehead atoms. The number of hydrogen-bond acceptors (Lipinski definition) is 3. The molecular weight excluding hydrogens is 308 g/mol. The van der Waals surface area contributed by atoms with Crippen LogP contribution in [-0.4, -0.2) is 21.6 Å². The molecule has 0 radical (unpaired) electrons. The van der Waals surface area contributed by atoms with Crippen LogP contribution in [0.25, 0.3) is 0 Å². The van der Waals surface area contributed by atoms with E-state index in [4.69, 9.17) is 12.6 Å². The first-order valence-corrected chi connectivity index (χ1v) is 9.60. The van der Waals surface area contributed by atoms with E-state index in [9.17, 15) is 14.7 Å². The number of thiol groups is 1. The van der Waals surface area contributed by atoms with Gasteiger partial charge in [-0.25, -0.2) is 0 Å². The van der Waals surface area contributed by atoms with Gasteiger partial charge in [0.15, 0.2) is 0 Å². The first-order chi connectivity index (χ1) is 10.7. The maximum atomic E-state index is 12.6. The molecule has 23 heavy (non-hydrogen) atoms. The average Bonchev–Trinajstić information content (AvgIpc) is 2.63. The monoisotopic (exact) mass is 336 g/mol. The molecule has 0 aromatic rings. The number of rotatable bonds is 1. The fourth-order valence-electron chi connectivity index (χ4n) is 7.16. The van der Waals surface area contributed by atoms with Gasteiger partial charge in [-0.15, -0.1) is 0 Å². The highest BCUT2D eigenvalue weighted by Gasteiger charge is 2.68. The lowest BCUT2D eigenvalue weighted by Crippen LogP contribution is -2.61. The summed E-state index contributed by atoms with van der Waals surface area (Å²) in [6.45, 7) is 4.09. The highest BCUT2D eigenvalue weighted by atomic mass is 32.1. The highest BCUT2D eigenvalue weighted by molar-refractivity contribution is 7.81. The SMILES string of the molecule is C[C@@]12CC[C@@H]3[C@@](CC[C@H]4[C@@]3(S)CCC[C@@]4(C)C(=O)O)(CC1=O)C2. The third-order valence-corrected chi connectivity index (χ3v) is 9.17. The van der Waals surface area contributed by atoms with Crippen LogP contribution in [0.5, 0.6) is 0 Å². The normalized spacial score (nSPS) is 55.2. The zero-order chi connectivity index (χ0) is 16.7. The maximum Gasteiger partial charge on any atom is 0.309 e. The van der Waals surface area contributed by atoms with Crippen LogP contribution in [0.4, 0.5) is 0 Å². The van der Waals surface area contributed by atoms with Gasteiger partial charge >= 0.3 is 5.97 Å². The van der Waals surface area contributed by atoms with E-state index < -0.39 is 11.4 Å². The van der Waals surface area contributed by atoms with E-state index in [1.165, 1.54) is 0 Å². The summed E-state index contributed by atoms with van der Waals surface area (Å²) >= 11 is 5.22. The lowest BCUT2D eigenvalue weighted by Gasteiger charge is -2.62. The van der Waals surface area contributed by atoms with Crippen LogP contribution in [0.1, 0.15) is 71.6 Å². The van der Waals surface area contributed by atoms with Crippen molar-refractivity contribution >= 4 is 24.4 Å². The Bertz CT molecular complexity index is 589. The third-order valence-electron chi connectivity index (χ3n) is 8.32. The van der Waals surface area contributed by atoms with Crippen LogP contribution in [-0.2, 0) is 9.59 Å². The summed E-state index contributed by atoms with van der Waals surface area (Å²) in [5.74, 6) is 0.350. The molecule has 6 atom stereocenters. The zero-order valence-electron chi connectivity index (χ0n) is 14.2. The second kappa shape index (κ2) is 4.56. The van der Waals surface area contributed by atoms with E-state index in [0.29, 0.717) is 18.1 Å². The summed E-state index contributed by atoms with van der Waals surface area (Å²) in [7, 11) is 0. The van der Waals surface area contributed by atoms with E-state index in [1.807, 2.05) is 6.92 Å². The molecule has 4 fully saturated rings. The van der Waals surface area contributed by atoms with Gasteiger partial charge in [0.2, 0.25) is 0 Å². The predicted octanol–water partition coefficient (Wildman–Crippen LogP) is 4.11. The fourth-order valence-corrected chi connectivity index (χ4v) is 8.13. The Morgan fingerprint density at radius 1 is 1.13 bits per heavy atom. The minimum absolute atomic E-state index is 0.110. The molecule has 4 aliphatic rings. The van der Waals surface area contributed by atoms with Gasteiger partial charge in [0.05, 0.1) is 5.41 Å². The predicted molar refractivity (Wildman–Crippen MR) is 91.5 cm³/mol. The summed E-state index contributed by atoms with van der Waals surface area (Å²) in [6.07, 6.45) is 8.43. The molecule has 1 N–H and O–H groups in total. The largest absolute Gasteiger partial charge is 0.481 e. The van der Waals surface area contributed by atoms with Gasteiger partial charge < -0.3 is 5.11 Å². The molecule has 4 heteroatoms. The first-order valence-electron chi connectivity index (χ1n) is 9.16. The van der Waals surface area contributed by atoms with Crippen LogP contribution >= 0.6 is 12.6 Å². The number of carbonyl (C=O) groups excluding carboxylic acids is 1. The van der Waals surface area contributed by atoms with Crippen molar-refractivity contribution in [1.82, 2.24) is 0 Å². The number of carboxylic acids is 1. The Morgan fingerprint density at radius 3 is 2.52 bits per heavy atom. The lowest BCUT2D eigenvalue weighted by atomic mass is 9.45. The quantitative estimate of drug-likeness (QED) is 0.709. The third kappa shape index (κ3) is 1.85. The molecule has 0 heterocycles. The highest BCUT2D eigenvalue weighted by Crippen LogP contribution is 2.71. The van der Waals surface area contributed by atoms with Gasteiger partial charge in [0.1, 0.15) is 5.78 Å². The van der Waals surface area contributed by atoms with Crippen molar-refractivity contribution in [1.29, 1.82) is 0 Å². The van der Waals surface area contributed by atoms with Crippen LogP contribution < -0.4 is 0 Å². The second-order valence-corrected chi connectivity index (χ2v) is 10.3. The molecule has 128 valence electrons. The number of aliphatic carboxylic acids is 1. The van der Waals surface area contributed by atoms with Gasteiger partial charge in [-0.2, -0.15) is 12.6 Å². The van der Waals surface area contributed by atoms with Crippen LogP contribution in [0.3, 0.4) is 0 Å². The molecule has 0 aromatic heterocycles. The van der Waals surface area contributed by atoms with Gasteiger partial charge in [0, 0.05) is 16.6 Å². The van der Waals surface area contributed by atoms with Crippen molar-refractivity contribution < 1.29 is 14.7 Å². The summed E-state index contributed by atoms with van der Waals surface area (Å²) in [5.41, 5.74) is -0.650. The van der Waals surface area contributed by atoms with Crippen molar-refractivity contribution in [3.63, 3.8) is 0 Å². The molecule has 4 saturated carbocycles. The van der Waals surface area contributed by atoms with E-state index >= 15 is 0 Å². The Balaban J connectivity index is 1.76. The van der Waals surface area contributed by atoms with E-state index in [-0.39, 0.29) is 21.5 Å². The Labute approximate surface area is 144 Å². The lowest BCUT2D eigenvalue weighted by molar-refractivity contribution is -0.161. The number of fused-ring (bicyclic) bond motifs is 3. The smallest absolute Gasteiger partial charge is 0.309 e. The molecule has 4 aliphatic carbocycles. The molecule has 0 saturated heterocycles. The van der Waals surface area contributed by atoms with Gasteiger partial charge in [-0.1, -0.05) is 13.3 Å². The summed E-state index contributed by atoms with van der Waals surface area (Å²) in [4.78, 5) is 24.6. The fraction of sp³-hybridized carbons (Fsp3) is 0.895. The molecule has 0 aliphatic heterocycles. The van der Waals surface area contributed by atoms with Crippen molar-refractivity contribution in [3.05, 3.63) is 0 Å². The van der Waals surface area contributed by atoms with Gasteiger partial charge in [0.25, 0.3) is 0 Å². The Morgan fingerprint density at radius 2 is 1.83 bits per heavy atom. The van der Waals surface area contributed by atoms with Crippen molar-refractivity contribution in [3.8, 4) is 0 Å². The average molecular weight is 336 g/mol. The van der Waals surface area contributed by atoms with E-state index in [0.717, 1.165) is 51.4 Å². The number of hydrogen-bond donors (Lipinski definition) is 2. The minimum atomic E-state index is -0.653. The van der Waals surface area contributed by atoms with Crippen LogP contribution in [0.15, 0.2) is 0 Å². The summed E-state index contributed by atoms with van der Waals surface area (Å²) in [6, 6.07) is 0. The van der Waals surface area contributed by atoms with Gasteiger partial charge in [-0.3, -0.25) is 9.59 Å². The van der Waals surface area contributed by atoms with Crippen molar-refractivity contribution in [2.45, 2.75) is 76.4 Å². The van der Waals surface area contributed by atoms with Crippen molar-refractivity contribution in [2.24, 2.45) is 28.1 Å². The number of Topliss-reactive ketones (excluding diaryl/α,β-unsaturated/α-hetero) is 1. The number of carboxylic acid groups (broad SMARTS) is 1. The summed E-state index contributed by atoms with van der Waals surface area (Å²) in [5, 5.41) is 9.87. The Hall–Kier alpha value is -0.510. The molecule has 0 aromatic carbocycles. The zero-order valence-corrected chi connectivity index (χ0v) is 15.1. The van der Waals surface area contributed by atoms with Crippen LogP contribution in [0, 0.1) is 28.1 Å². The first kappa shape index (κ1) is 16.0. The molecule has 4 rings (SSSR count). The second-order valence-electron chi connectivity index (χ2n) is 9.45. The topological polar surface area (TPSA) is 54.4 Å². The molecule has 0 unspecified atom stereocenters. The Kier molecular flexibility index (Phi) is 3.17. The maximum absolute atomic E-state index is 12.6. The van der Waals surface area contributed by atoms with Crippen LogP contribution in [0.2, 0.25) is 0 Å². The number of carbonyl (C=O) groups is 2. The number of ketones is 1. The molecule has 0 amide bonds. The van der Waals surface area contributed by atoms with Gasteiger partial charge in [-0.05, 0) is 69.1 Å². The molecular formula is C19H28O3S. The molecule has 1 spiro atoms. The van der Waals surface area contributed by atoms with Crippen molar-refractivity contribution in [2.75, 3.05) is 0 Å². The summed E-state index contributed by atoms with van der Waals surface area (Å²) < 4.78 is -0.199. The standard InChI is InChI=1S/C19H28O3S/c1-16-8-4-13-18(11-16,10-14(16)20)9-5-12-17(2,15(21)22)6-3-7-19(12,13)23/h12-13,23H,3-11H2,1-2H3,(H,21,22)/t12-,13-,16+,17-,18+,19+/m1/s1. The minimum Gasteiger partial charge on any atom is -0.481 e. The molecule has 3 nitrogen and oxygen atoms in total. The van der Waals surface area contributed by atoms with E-state index in [2.05, 4.69) is 6.92 Å². The van der Waals surface area contributed by atoms with E-state index in [1.54, 1.807) is 0 Å².